The standard InChI is InChI=1S/C22H16FN5/c23-16-5-3-14(4-6-16)21-26-20-10-9-18(13-1-2-13)25-22(20)28(21)17-7-8-19-15(11-17)12-24-27-19/h3-13H,1-2H2,(H,24,27). The van der Waals surface area contributed by atoms with Crippen molar-refractivity contribution in [3.63, 3.8) is 0 Å². The molecule has 0 saturated heterocycles. The molecule has 2 aromatic carbocycles. The van der Waals surface area contributed by atoms with E-state index in [0.29, 0.717) is 5.92 Å². The Morgan fingerprint density at radius 3 is 2.64 bits per heavy atom. The number of hydrogen-bond acceptors (Lipinski definition) is 3. The van der Waals surface area contributed by atoms with Crippen molar-refractivity contribution in [2.75, 3.05) is 0 Å². The number of hydrogen-bond donors (Lipinski definition) is 1. The molecule has 1 N–H and O–H groups in total. The van der Waals surface area contributed by atoms with Crippen molar-refractivity contribution in [1.82, 2.24) is 24.7 Å². The summed E-state index contributed by atoms with van der Waals surface area (Å²) in [6.45, 7) is 0. The number of nitrogens with zero attached hydrogens (tertiary/aromatic N) is 4. The second kappa shape index (κ2) is 5.73. The van der Waals surface area contributed by atoms with E-state index in [1.807, 2.05) is 18.2 Å². The summed E-state index contributed by atoms with van der Waals surface area (Å²) >= 11 is 0. The van der Waals surface area contributed by atoms with Crippen LogP contribution in [0.4, 0.5) is 4.39 Å². The van der Waals surface area contributed by atoms with Crippen LogP contribution in [0.2, 0.25) is 0 Å². The van der Waals surface area contributed by atoms with E-state index in [-0.39, 0.29) is 5.82 Å². The zero-order chi connectivity index (χ0) is 18.7. The zero-order valence-corrected chi connectivity index (χ0v) is 14.9. The maximum atomic E-state index is 13.5. The molecule has 0 bridgehead atoms. The molecule has 3 aromatic heterocycles. The number of benzene rings is 2. The highest BCUT2D eigenvalue weighted by Crippen LogP contribution is 2.40. The third-order valence-corrected chi connectivity index (χ3v) is 5.31. The van der Waals surface area contributed by atoms with Gasteiger partial charge >= 0.3 is 0 Å². The van der Waals surface area contributed by atoms with Crippen LogP contribution in [-0.2, 0) is 0 Å². The van der Waals surface area contributed by atoms with Gasteiger partial charge in [-0.15, -0.1) is 0 Å². The molecule has 5 nitrogen and oxygen atoms in total. The third-order valence-electron chi connectivity index (χ3n) is 5.31. The first-order valence-electron chi connectivity index (χ1n) is 9.35. The SMILES string of the molecule is Fc1ccc(-c2nc3ccc(C4CC4)nc3n2-c2ccc3[nH]ncc3c2)cc1. The number of pyridine rings is 1. The molecular weight excluding hydrogens is 353 g/mol. The number of rotatable bonds is 3. The molecule has 1 aliphatic rings. The van der Waals surface area contributed by atoms with Gasteiger partial charge in [-0.05, 0) is 67.4 Å². The third kappa shape index (κ3) is 2.41. The average Bonchev–Trinajstić information content (AvgIpc) is 3.34. The number of halogens is 1. The Bertz CT molecular complexity index is 1330. The van der Waals surface area contributed by atoms with Crippen molar-refractivity contribution < 1.29 is 4.39 Å². The monoisotopic (exact) mass is 369 g/mol. The van der Waals surface area contributed by atoms with Gasteiger partial charge in [-0.25, -0.2) is 14.4 Å². The summed E-state index contributed by atoms with van der Waals surface area (Å²) in [7, 11) is 0. The quantitative estimate of drug-likeness (QED) is 0.488. The molecule has 0 atom stereocenters. The topological polar surface area (TPSA) is 59.4 Å². The average molecular weight is 369 g/mol. The molecule has 0 unspecified atom stereocenters. The van der Waals surface area contributed by atoms with Crippen molar-refractivity contribution in [2.24, 2.45) is 0 Å². The number of aromatic amines is 1. The summed E-state index contributed by atoms with van der Waals surface area (Å²) in [5.41, 5.74) is 5.55. The molecule has 5 aromatic rings. The van der Waals surface area contributed by atoms with Gasteiger partial charge < -0.3 is 0 Å². The molecule has 136 valence electrons. The number of H-pyrrole nitrogens is 1. The van der Waals surface area contributed by atoms with Crippen molar-refractivity contribution in [3.8, 4) is 17.1 Å². The van der Waals surface area contributed by atoms with E-state index in [4.69, 9.17) is 9.97 Å². The van der Waals surface area contributed by atoms with Crippen molar-refractivity contribution in [3.05, 3.63) is 72.3 Å². The molecule has 0 amide bonds. The lowest BCUT2D eigenvalue weighted by atomic mass is 10.2. The van der Waals surface area contributed by atoms with Crippen LogP contribution < -0.4 is 0 Å². The van der Waals surface area contributed by atoms with E-state index >= 15 is 0 Å². The molecule has 1 saturated carbocycles. The van der Waals surface area contributed by atoms with Crippen LogP contribution in [0.25, 0.3) is 39.1 Å². The lowest BCUT2D eigenvalue weighted by Crippen LogP contribution is -2.00. The first kappa shape index (κ1) is 15.5. The molecular formula is C22H16FN5. The van der Waals surface area contributed by atoms with Crippen molar-refractivity contribution in [1.29, 1.82) is 0 Å². The molecule has 1 fully saturated rings. The predicted molar refractivity (Wildman–Crippen MR) is 106 cm³/mol. The van der Waals surface area contributed by atoms with Gasteiger partial charge in [0, 0.05) is 28.2 Å². The van der Waals surface area contributed by atoms with Gasteiger partial charge in [-0.2, -0.15) is 5.10 Å². The van der Waals surface area contributed by atoms with Gasteiger partial charge in [0.25, 0.3) is 0 Å². The Labute approximate surface area is 159 Å². The minimum Gasteiger partial charge on any atom is -0.278 e. The smallest absolute Gasteiger partial charge is 0.165 e. The molecule has 0 radical (unpaired) electrons. The molecule has 6 rings (SSSR count). The van der Waals surface area contributed by atoms with E-state index in [1.165, 1.54) is 25.0 Å². The second-order valence-electron chi connectivity index (χ2n) is 7.27. The predicted octanol–water partition coefficient (Wildman–Crippen LogP) is 4.98. The first-order valence-corrected chi connectivity index (χ1v) is 9.35. The summed E-state index contributed by atoms with van der Waals surface area (Å²) in [5, 5.41) is 8.11. The van der Waals surface area contributed by atoms with Gasteiger partial charge in [0.2, 0.25) is 0 Å². The summed E-state index contributed by atoms with van der Waals surface area (Å²) in [6.07, 6.45) is 4.19. The van der Waals surface area contributed by atoms with E-state index in [9.17, 15) is 4.39 Å². The Morgan fingerprint density at radius 1 is 0.964 bits per heavy atom. The summed E-state index contributed by atoms with van der Waals surface area (Å²) in [6, 6.07) is 16.6. The maximum Gasteiger partial charge on any atom is 0.165 e. The highest BCUT2D eigenvalue weighted by molar-refractivity contribution is 5.84. The fourth-order valence-electron chi connectivity index (χ4n) is 3.68. The lowest BCUT2D eigenvalue weighted by Gasteiger charge is -2.10. The van der Waals surface area contributed by atoms with Gasteiger partial charge in [0.05, 0.1) is 11.7 Å². The molecule has 0 spiro atoms. The number of fused-ring (bicyclic) bond motifs is 2. The van der Waals surface area contributed by atoms with Crippen LogP contribution in [-0.4, -0.2) is 24.7 Å². The number of nitrogens with one attached hydrogen (secondary N) is 1. The van der Waals surface area contributed by atoms with E-state index < -0.39 is 0 Å². The van der Waals surface area contributed by atoms with Crippen LogP contribution in [0.3, 0.4) is 0 Å². The summed E-state index contributed by atoms with van der Waals surface area (Å²) < 4.78 is 15.5. The van der Waals surface area contributed by atoms with Gasteiger partial charge in [0.1, 0.15) is 17.2 Å². The number of aromatic nitrogens is 5. The van der Waals surface area contributed by atoms with E-state index in [1.54, 1.807) is 18.3 Å². The van der Waals surface area contributed by atoms with Gasteiger partial charge in [-0.3, -0.25) is 9.67 Å². The molecule has 6 heteroatoms. The fraction of sp³-hybridized carbons (Fsp3) is 0.136. The van der Waals surface area contributed by atoms with Crippen LogP contribution in [0.1, 0.15) is 24.5 Å². The van der Waals surface area contributed by atoms with Crippen LogP contribution >= 0.6 is 0 Å². The Morgan fingerprint density at radius 2 is 1.82 bits per heavy atom. The minimum absolute atomic E-state index is 0.264. The second-order valence-corrected chi connectivity index (χ2v) is 7.27. The van der Waals surface area contributed by atoms with Crippen LogP contribution in [0.5, 0.6) is 0 Å². The van der Waals surface area contributed by atoms with Gasteiger partial charge in [-0.1, -0.05) is 0 Å². The molecule has 1 aliphatic carbocycles. The van der Waals surface area contributed by atoms with Crippen molar-refractivity contribution >= 4 is 22.1 Å². The minimum atomic E-state index is -0.264. The van der Waals surface area contributed by atoms with E-state index in [2.05, 4.69) is 26.9 Å². The highest BCUT2D eigenvalue weighted by Gasteiger charge is 2.26. The lowest BCUT2D eigenvalue weighted by molar-refractivity contribution is 0.628. The van der Waals surface area contributed by atoms with Crippen LogP contribution in [0, 0.1) is 5.82 Å². The highest BCUT2D eigenvalue weighted by atomic mass is 19.1. The summed E-state index contributed by atoms with van der Waals surface area (Å²) in [4.78, 5) is 9.78. The van der Waals surface area contributed by atoms with Crippen LogP contribution in [0.15, 0.2) is 60.8 Å². The Hall–Kier alpha value is -3.54. The fourth-order valence-corrected chi connectivity index (χ4v) is 3.68. The van der Waals surface area contributed by atoms with Crippen molar-refractivity contribution in [2.45, 2.75) is 18.8 Å². The Kier molecular flexibility index (Phi) is 3.17. The van der Waals surface area contributed by atoms with E-state index in [0.717, 1.165) is 44.8 Å². The molecule has 0 aliphatic heterocycles. The maximum absolute atomic E-state index is 13.5. The largest absolute Gasteiger partial charge is 0.278 e. The normalized spacial score (nSPS) is 14.2. The molecule has 3 heterocycles. The van der Waals surface area contributed by atoms with Gasteiger partial charge in [0.15, 0.2) is 5.65 Å². The Balaban J connectivity index is 1.65. The first-order chi connectivity index (χ1) is 13.8. The molecule has 28 heavy (non-hydrogen) atoms. The zero-order valence-electron chi connectivity index (χ0n) is 14.9. The summed E-state index contributed by atoms with van der Waals surface area (Å²) in [5.74, 6) is 1.04. The number of imidazole rings is 1.